The lowest BCUT2D eigenvalue weighted by Crippen LogP contribution is -1.95. The molecule has 6 aromatic carbocycles. The molecule has 0 atom stereocenters. The Balaban J connectivity index is 1.38. The van der Waals surface area contributed by atoms with Crippen LogP contribution in [0.15, 0.2) is 97.1 Å². The van der Waals surface area contributed by atoms with Crippen molar-refractivity contribution < 1.29 is 10.2 Å². The molecule has 0 spiro atoms. The van der Waals surface area contributed by atoms with Gasteiger partial charge in [0.05, 0.1) is 13.2 Å². The van der Waals surface area contributed by atoms with E-state index in [9.17, 15) is 10.2 Å². The normalized spacial score (nSPS) is 11.7. The Morgan fingerprint density at radius 2 is 0.886 bits per heavy atom. The van der Waals surface area contributed by atoms with Gasteiger partial charge in [0.25, 0.3) is 0 Å². The number of aryl methyl sites for hydroxylation is 2. The second-order valence-electron chi connectivity index (χ2n) is 9.44. The van der Waals surface area contributed by atoms with E-state index in [0.717, 1.165) is 30.4 Å². The van der Waals surface area contributed by atoms with Crippen molar-refractivity contribution in [2.45, 2.75) is 32.5 Å². The zero-order chi connectivity index (χ0) is 23.8. The molecular formula is C33H28O2. The van der Waals surface area contributed by atoms with Gasteiger partial charge >= 0.3 is 0 Å². The predicted molar refractivity (Wildman–Crippen MR) is 147 cm³/mol. The van der Waals surface area contributed by atoms with Crippen molar-refractivity contribution in [3.63, 3.8) is 0 Å². The Morgan fingerprint density at radius 1 is 0.429 bits per heavy atom. The van der Waals surface area contributed by atoms with Crippen molar-refractivity contribution in [3.8, 4) is 0 Å². The van der Waals surface area contributed by atoms with Gasteiger partial charge in [-0.2, -0.15) is 0 Å². The lowest BCUT2D eigenvalue weighted by Gasteiger charge is -2.14. The summed E-state index contributed by atoms with van der Waals surface area (Å²) in [5.74, 6) is 0. The quantitative estimate of drug-likeness (QED) is 0.255. The average molecular weight is 457 g/mol. The van der Waals surface area contributed by atoms with E-state index in [4.69, 9.17) is 0 Å². The van der Waals surface area contributed by atoms with Crippen molar-refractivity contribution in [1.82, 2.24) is 0 Å². The maximum absolute atomic E-state index is 9.69. The van der Waals surface area contributed by atoms with E-state index in [1.807, 2.05) is 12.1 Å². The highest BCUT2D eigenvalue weighted by atomic mass is 16.3. The summed E-state index contributed by atoms with van der Waals surface area (Å²) in [6.07, 6.45) is 3.02. The van der Waals surface area contributed by atoms with Gasteiger partial charge in [0.15, 0.2) is 0 Å². The van der Waals surface area contributed by atoms with Gasteiger partial charge in [-0.3, -0.25) is 0 Å². The van der Waals surface area contributed by atoms with Crippen molar-refractivity contribution >= 4 is 43.1 Å². The lowest BCUT2D eigenvalue weighted by atomic mass is 9.91. The predicted octanol–water partition coefficient (Wildman–Crippen LogP) is 7.46. The SMILES string of the molecule is OCc1ccc2c(CCCc3cc4ccccc4c4cc(CO)ccc34)cc3ccccc3c2c1. The molecule has 0 aliphatic carbocycles. The third-order valence-corrected chi connectivity index (χ3v) is 7.28. The van der Waals surface area contributed by atoms with E-state index in [1.165, 1.54) is 54.2 Å². The Labute approximate surface area is 205 Å². The number of fused-ring (bicyclic) bond motifs is 6. The van der Waals surface area contributed by atoms with Gasteiger partial charge in [-0.25, -0.2) is 0 Å². The van der Waals surface area contributed by atoms with E-state index in [1.54, 1.807) is 0 Å². The molecule has 0 aliphatic heterocycles. The highest BCUT2D eigenvalue weighted by Gasteiger charge is 2.10. The molecule has 0 fully saturated rings. The molecule has 0 saturated carbocycles. The second kappa shape index (κ2) is 9.14. The van der Waals surface area contributed by atoms with Gasteiger partial charge in [-0.15, -0.1) is 0 Å². The van der Waals surface area contributed by atoms with Gasteiger partial charge < -0.3 is 10.2 Å². The second-order valence-corrected chi connectivity index (χ2v) is 9.44. The topological polar surface area (TPSA) is 40.5 Å². The highest BCUT2D eigenvalue weighted by Crippen LogP contribution is 2.33. The van der Waals surface area contributed by atoms with Crippen LogP contribution in [0.25, 0.3) is 43.1 Å². The van der Waals surface area contributed by atoms with Gasteiger partial charge in [-0.05, 0) is 96.7 Å². The molecule has 0 amide bonds. The third kappa shape index (κ3) is 3.95. The molecule has 6 aromatic rings. The maximum atomic E-state index is 9.69. The molecular weight excluding hydrogens is 428 g/mol. The van der Waals surface area contributed by atoms with Gasteiger partial charge in [0.1, 0.15) is 0 Å². The fourth-order valence-electron chi connectivity index (χ4n) is 5.54. The molecule has 35 heavy (non-hydrogen) atoms. The number of hydrogen-bond acceptors (Lipinski definition) is 2. The van der Waals surface area contributed by atoms with Gasteiger partial charge in [0, 0.05) is 0 Å². The summed E-state index contributed by atoms with van der Waals surface area (Å²) in [6, 6.07) is 34.4. The minimum atomic E-state index is 0.0571. The summed E-state index contributed by atoms with van der Waals surface area (Å²) in [4.78, 5) is 0. The van der Waals surface area contributed by atoms with E-state index < -0.39 is 0 Å². The largest absolute Gasteiger partial charge is 0.392 e. The Kier molecular flexibility index (Phi) is 5.69. The van der Waals surface area contributed by atoms with E-state index in [-0.39, 0.29) is 13.2 Å². The van der Waals surface area contributed by atoms with Crippen molar-refractivity contribution in [2.75, 3.05) is 0 Å². The fourth-order valence-corrected chi connectivity index (χ4v) is 5.54. The van der Waals surface area contributed by atoms with Crippen molar-refractivity contribution in [3.05, 3.63) is 119 Å². The van der Waals surface area contributed by atoms with E-state index in [2.05, 4.69) is 84.9 Å². The third-order valence-electron chi connectivity index (χ3n) is 7.28. The Hall–Kier alpha value is -3.72. The molecule has 0 heterocycles. The van der Waals surface area contributed by atoms with Crippen LogP contribution >= 0.6 is 0 Å². The standard InChI is InChI=1S/C33H28O2/c34-20-22-12-14-30-26(18-24-6-1-3-10-28(24)32(30)16-22)8-5-9-27-19-25-7-2-4-11-29(25)33-17-23(21-35)13-15-31(27)33/h1-4,6-7,10-19,34-35H,5,8-9,20-21H2. The molecule has 0 saturated heterocycles. The first kappa shape index (κ1) is 21.8. The first-order valence-corrected chi connectivity index (χ1v) is 12.3. The summed E-state index contributed by atoms with van der Waals surface area (Å²) in [7, 11) is 0. The summed E-state index contributed by atoms with van der Waals surface area (Å²) in [5, 5.41) is 29.3. The minimum Gasteiger partial charge on any atom is -0.392 e. The fraction of sp³-hybridized carbons (Fsp3) is 0.152. The molecule has 0 radical (unpaired) electrons. The number of aliphatic hydroxyl groups is 2. The highest BCUT2D eigenvalue weighted by molar-refractivity contribution is 6.10. The zero-order valence-electron chi connectivity index (χ0n) is 19.7. The maximum Gasteiger partial charge on any atom is 0.0682 e. The van der Waals surface area contributed by atoms with Crippen LogP contribution in [0, 0.1) is 0 Å². The van der Waals surface area contributed by atoms with Crippen molar-refractivity contribution in [1.29, 1.82) is 0 Å². The molecule has 0 aliphatic rings. The summed E-state index contributed by atoms with van der Waals surface area (Å²) < 4.78 is 0. The number of rotatable bonds is 6. The molecule has 2 heteroatoms. The molecule has 6 rings (SSSR count). The summed E-state index contributed by atoms with van der Waals surface area (Å²) in [5.41, 5.74) is 4.61. The van der Waals surface area contributed by atoms with Crippen LogP contribution in [0.5, 0.6) is 0 Å². The van der Waals surface area contributed by atoms with E-state index in [0.29, 0.717) is 0 Å². The first-order chi connectivity index (χ1) is 17.2. The van der Waals surface area contributed by atoms with Crippen LogP contribution in [-0.2, 0) is 26.1 Å². The van der Waals surface area contributed by atoms with Crippen LogP contribution in [0.2, 0.25) is 0 Å². The smallest absolute Gasteiger partial charge is 0.0682 e. The molecule has 2 N–H and O–H groups in total. The molecule has 0 bridgehead atoms. The van der Waals surface area contributed by atoms with Gasteiger partial charge in [0.2, 0.25) is 0 Å². The van der Waals surface area contributed by atoms with E-state index >= 15 is 0 Å². The lowest BCUT2D eigenvalue weighted by molar-refractivity contribution is 0.282. The van der Waals surface area contributed by atoms with Crippen molar-refractivity contribution in [2.24, 2.45) is 0 Å². The number of hydrogen-bond donors (Lipinski definition) is 2. The summed E-state index contributed by atoms with van der Waals surface area (Å²) in [6.45, 7) is 0.114. The Bertz CT molecular complexity index is 1570. The van der Waals surface area contributed by atoms with Crippen LogP contribution in [0.3, 0.4) is 0 Å². The van der Waals surface area contributed by atoms with Gasteiger partial charge in [-0.1, -0.05) is 84.9 Å². The monoisotopic (exact) mass is 456 g/mol. The molecule has 172 valence electrons. The van der Waals surface area contributed by atoms with Crippen LogP contribution in [0.4, 0.5) is 0 Å². The number of benzene rings is 6. The Morgan fingerprint density at radius 3 is 1.34 bits per heavy atom. The van der Waals surface area contributed by atoms with Crippen LogP contribution in [0.1, 0.15) is 28.7 Å². The molecule has 0 unspecified atom stereocenters. The minimum absolute atomic E-state index is 0.0571. The van der Waals surface area contributed by atoms with Crippen LogP contribution in [-0.4, -0.2) is 10.2 Å². The van der Waals surface area contributed by atoms with Crippen LogP contribution < -0.4 is 0 Å². The zero-order valence-corrected chi connectivity index (χ0v) is 19.7. The molecule has 2 nitrogen and oxygen atoms in total. The first-order valence-electron chi connectivity index (χ1n) is 12.3. The summed E-state index contributed by atoms with van der Waals surface area (Å²) >= 11 is 0. The average Bonchev–Trinajstić information content (AvgIpc) is 2.92. The molecule has 0 aromatic heterocycles. The number of aliphatic hydroxyl groups excluding tert-OH is 2.